The second-order valence-corrected chi connectivity index (χ2v) is 3.87. The number of carbonyl (C=O) groups excluding carboxylic acids is 2. The molecule has 0 radical (unpaired) electrons. The maximum Gasteiger partial charge on any atom is 0.325 e. The zero-order valence-electron chi connectivity index (χ0n) is 11.2. The lowest BCUT2D eigenvalue weighted by molar-refractivity contribution is -0.142. The van der Waals surface area contributed by atoms with Gasteiger partial charge in [0.15, 0.2) is 0 Å². The van der Waals surface area contributed by atoms with Crippen molar-refractivity contribution in [2.45, 2.75) is 12.8 Å². The Labute approximate surface area is 117 Å². The lowest BCUT2D eigenvalue weighted by Crippen LogP contribution is -2.31. The van der Waals surface area contributed by atoms with Crippen molar-refractivity contribution in [1.29, 1.82) is 5.26 Å². The second kappa shape index (κ2) is 8.53. The number of unbranched alkanes of at least 4 members (excludes halogenated alkanes) is 1. The van der Waals surface area contributed by atoms with Crippen molar-refractivity contribution in [3.05, 3.63) is 29.8 Å². The van der Waals surface area contributed by atoms with Crippen molar-refractivity contribution in [2.24, 2.45) is 0 Å². The molecule has 0 saturated carbocycles. The number of rotatable bonds is 7. The average Bonchev–Trinajstić information content (AvgIpc) is 2.49. The summed E-state index contributed by atoms with van der Waals surface area (Å²) in [5.74, 6) is -0.505. The summed E-state index contributed by atoms with van der Waals surface area (Å²) < 4.78 is 9.91. The maximum atomic E-state index is 11.9. The van der Waals surface area contributed by atoms with E-state index < -0.39 is 11.9 Å². The molecular formula is C14H16N2O4. The number of carbonyl (C=O) groups is 2. The standard InChI is InChI=1S/C14H16N2O4/c1-19-12-7-3-2-6-11(12)14(18)16-10-13(17)20-9-5-4-8-15/h2-3,6-7H,4-5,9-10H2,1H3,(H,16,18). The van der Waals surface area contributed by atoms with E-state index >= 15 is 0 Å². The summed E-state index contributed by atoms with van der Waals surface area (Å²) in [5, 5.41) is 10.8. The fourth-order valence-corrected chi connectivity index (χ4v) is 1.47. The Morgan fingerprint density at radius 1 is 1.35 bits per heavy atom. The predicted molar refractivity (Wildman–Crippen MR) is 71.1 cm³/mol. The van der Waals surface area contributed by atoms with Crippen LogP contribution >= 0.6 is 0 Å². The van der Waals surface area contributed by atoms with Crippen molar-refractivity contribution in [3.63, 3.8) is 0 Å². The minimum absolute atomic E-state index is 0.178. The van der Waals surface area contributed by atoms with Crippen molar-refractivity contribution >= 4 is 11.9 Å². The normalized spacial score (nSPS) is 9.40. The molecule has 0 aliphatic carbocycles. The van der Waals surface area contributed by atoms with Gasteiger partial charge in [0.2, 0.25) is 0 Å². The number of nitrogens with zero attached hydrogens (tertiary/aromatic N) is 1. The van der Waals surface area contributed by atoms with Crippen LogP contribution in [0.15, 0.2) is 24.3 Å². The number of methoxy groups -OCH3 is 1. The molecule has 0 aliphatic rings. The van der Waals surface area contributed by atoms with E-state index in [9.17, 15) is 9.59 Å². The Bertz CT molecular complexity index is 508. The lowest BCUT2D eigenvalue weighted by Gasteiger charge is -2.08. The molecule has 0 aliphatic heterocycles. The van der Waals surface area contributed by atoms with Gasteiger partial charge in [-0.1, -0.05) is 12.1 Å². The summed E-state index contributed by atoms with van der Waals surface area (Å²) in [6.45, 7) is -0.0413. The molecule has 106 valence electrons. The highest BCUT2D eigenvalue weighted by atomic mass is 16.5. The van der Waals surface area contributed by atoms with E-state index in [1.54, 1.807) is 24.3 Å². The van der Waals surface area contributed by atoms with E-state index in [4.69, 9.17) is 14.7 Å². The van der Waals surface area contributed by atoms with Gasteiger partial charge in [0.05, 0.1) is 25.3 Å². The van der Waals surface area contributed by atoms with E-state index in [-0.39, 0.29) is 13.2 Å². The van der Waals surface area contributed by atoms with Crippen LogP contribution in [-0.4, -0.2) is 32.1 Å². The molecule has 0 saturated heterocycles. The second-order valence-electron chi connectivity index (χ2n) is 3.87. The van der Waals surface area contributed by atoms with E-state index in [1.807, 2.05) is 6.07 Å². The fraction of sp³-hybridized carbons (Fsp3) is 0.357. The van der Waals surface area contributed by atoms with Gasteiger partial charge in [0.25, 0.3) is 5.91 Å². The van der Waals surface area contributed by atoms with Crippen LogP contribution in [0, 0.1) is 11.3 Å². The lowest BCUT2D eigenvalue weighted by atomic mass is 10.2. The number of amides is 1. The van der Waals surface area contributed by atoms with Gasteiger partial charge in [-0.2, -0.15) is 5.26 Å². The van der Waals surface area contributed by atoms with Crippen molar-refractivity contribution in [3.8, 4) is 11.8 Å². The predicted octanol–water partition coefficient (Wildman–Crippen LogP) is 1.27. The Hall–Kier alpha value is -2.55. The molecule has 0 atom stereocenters. The van der Waals surface area contributed by atoms with E-state index in [2.05, 4.69) is 5.32 Å². The largest absolute Gasteiger partial charge is 0.496 e. The molecule has 0 bridgehead atoms. The first-order chi connectivity index (χ1) is 9.69. The Morgan fingerprint density at radius 2 is 2.10 bits per heavy atom. The van der Waals surface area contributed by atoms with Gasteiger partial charge < -0.3 is 14.8 Å². The molecule has 6 nitrogen and oxygen atoms in total. The van der Waals surface area contributed by atoms with Crippen molar-refractivity contribution in [2.75, 3.05) is 20.3 Å². The monoisotopic (exact) mass is 276 g/mol. The van der Waals surface area contributed by atoms with Gasteiger partial charge in [-0.15, -0.1) is 0 Å². The number of benzene rings is 1. The van der Waals surface area contributed by atoms with Crippen LogP contribution in [-0.2, 0) is 9.53 Å². The molecular weight excluding hydrogens is 260 g/mol. The Morgan fingerprint density at radius 3 is 2.80 bits per heavy atom. The van der Waals surface area contributed by atoms with Crippen LogP contribution in [0.3, 0.4) is 0 Å². The van der Waals surface area contributed by atoms with Gasteiger partial charge in [0.1, 0.15) is 12.3 Å². The number of para-hydroxylation sites is 1. The van der Waals surface area contributed by atoms with Crippen molar-refractivity contribution in [1.82, 2.24) is 5.32 Å². The van der Waals surface area contributed by atoms with Crippen molar-refractivity contribution < 1.29 is 19.1 Å². The summed E-state index contributed by atoms with van der Waals surface area (Å²) in [5.41, 5.74) is 0.354. The molecule has 1 aromatic rings. The Balaban J connectivity index is 2.39. The average molecular weight is 276 g/mol. The van der Waals surface area contributed by atoms with E-state index in [1.165, 1.54) is 7.11 Å². The van der Waals surface area contributed by atoms with Crippen LogP contribution in [0.25, 0.3) is 0 Å². The smallest absolute Gasteiger partial charge is 0.325 e. The SMILES string of the molecule is COc1ccccc1C(=O)NCC(=O)OCCCC#N. The van der Waals surface area contributed by atoms with Gasteiger partial charge in [-0.25, -0.2) is 0 Å². The van der Waals surface area contributed by atoms with Crippen LogP contribution in [0.4, 0.5) is 0 Å². The van der Waals surface area contributed by atoms with Gasteiger partial charge in [0, 0.05) is 6.42 Å². The summed E-state index contributed by atoms with van der Waals surface area (Å²) in [7, 11) is 1.47. The summed E-state index contributed by atoms with van der Waals surface area (Å²) in [6.07, 6.45) is 0.823. The number of hydrogen-bond acceptors (Lipinski definition) is 5. The highest BCUT2D eigenvalue weighted by Crippen LogP contribution is 2.16. The minimum Gasteiger partial charge on any atom is -0.496 e. The zero-order valence-corrected chi connectivity index (χ0v) is 11.2. The van der Waals surface area contributed by atoms with Gasteiger partial charge >= 0.3 is 5.97 Å². The minimum atomic E-state index is -0.536. The first-order valence-electron chi connectivity index (χ1n) is 6.13. The third-order valence-corrected chi connectivity index (χ3v) is 2.44. The molecule has 1 N–H and O–H groups in total. The zero-order chi connectivity index (χ0) is 14.8. The molecule has 1 amide bonds. The van der Waals surface area contributed by atoms with Crippen LogP contribution < -0.4 is 10.1 Å². The number of hydrogen-bond donors (Lipinski definition) is 1. The molecule has 0 unspecified atom stereocenters. The molecule has 0 spiro atoms. The first-order valence-corrected chi connectivity index (χ1v) is 6.13. The van der Waals surface area contributed by atoms with Gasteiger partial charge in [-0.3, -0.25) is 9.59 Å². The molecule has 0 fully saturated rings. The van der Waals surface area contributed by atoms with E-state index in [0.717, 1.165) is 0 Å². The molecule has 1 rings (SSSR count). The fourth-order valence-electron chi connectivity index (χ4n) is 1.47. The first kappa shape index (κ1) is 15.5. The summed E-state index contributed by atoms with van der Waals surface area (Å²) >= 11 is 0. The maximum absolute atomic E-state index is 11.9. The quantitative estimate of drug-likeness (QED) is 0.598. The topological polar surface area (TPSA) is 88.4 Å². The molecule has 0 aromatic heterocycles. The summed E-state index contributed by atoms with van der Waals surface area (Å²) in [6, 6.07) is 8.67. The third kappa shape index (κ3) is 4.98. The molecule has 6 heteroatoms. The van der Waals surface area contributed by atoms with Crippen LogP contribution in [0.5, 0.6) is 5.75 Å². The molecule has 1 aromatic carbocycles. The number of esters is 1. The Kier molecular flexibility index (Phi) is 6.62. The summed E-state index contributed by atoms with van der Waals surface area (Å²) in [4.78, 5) is 23.2. The number of nitrogens with one attached hydrogen (secondary N) is 1. The highest BCUT2D eigenvalue weighted by molar-refractivity contribution is 5.98. The molecule has 0 heterocycles. The van der Waals surface area contributed by atoms with Crippen LogP contribution in [0.2, 0.25) is 0 Å². The van der Waals surface area contributed by atoms with E-state index in [0.29, 0.717) is 24.2 Å². The van der Waals surface area contributed by atoms with Gasteiger partial charge in [-0.05, 0) is 18.6 Å². The third-order valence-electron chi connectivity index (χ3n) is 2.44. The highest BCUT2D eigenvalue weighted by Gasteiger charge is 2.12. The van der Waals surface area contributed by atoms with Crippen LogP contribution in [0.1, 0.15) is 23.2 Å². The number of nitriles is 1. The number of ether oxygens (including phenoxy) is 2. The molecule has 20 heavy (non-hydrogen) atoms.